The second-order valence-electron chi connectivity index (χ2n) is 5.83. The minimum absolute atomic E-state index is 0.0990. The molecule has 0 heterocycles. The van der Waals surface area contributed by atoms with Crippen molar-refractivity contribution in [3.05, 3.63) is 69.7 Å². The lowest BCUT2D eigenvalue weighted by molar-refractivity contribution is 0.646. The highest BCUT2D eigenvalue weighted by Gasteiger charge is 2.11. The molecule has 1 atom stereocenters. The van der Waals surface area contributed by atoms with Gasteiger partial charge >= 0.3 is 0 Å². The zero-order chi connectivity index (χ0) is 14.7. The lowest BCUT2D eigenvalue weighted by Gasteiger charge is -2.15. The van der Waals surface area contributed by atoms with E-state index in [9.17, 15) is 0 Å². The van der Waals surface area contributed by atoms with Gasteiger partial charge in [-0.1, -0.05) is 61.8 Å². The molecule has 1 nitrogen and oxygen atoms in total. The molecule has 0 aromatic heterocycles. The van der Waals surface area contributed by atoms with Crippen LogP contribution < -0.4 is 5.73 Å². The molecule has 2 rings (SSSR count). The Morgan fingerprint density at radius 3 is 2.40 bits per heavy atom. The summed E-state index contributed by atoms with van der Waals surface area (Å²) >= 11 is 6.07. The van der Waals surface area contributed by atoms with Crippen molar-refractivity contribution in [1.29, 1.82) is 0 Å². The van der Waals surface area contributed by atoms with Gasteiger partial charge in [0.05, 0.1) is 6.04 Å². The van der Waals surface area contributed by atoms with E-state index in [4.69, 9.17) is 17.3 Å². The van der Waals surface area contributed by atoms with Crippen LogP contribution in [0, 0.1) is 12.8 Å². The van der Waals surface area contributed by atoms with Crippen LogP contribution in [0.15, 0.2) is 42.5 Å². The summed E-state index contributed by atoms with van der Waals surface area (Å²) < 4.78 is 0. The molecule has 0 radical (unpaired) electrons. The van der Waals surface area contributed by atoms with Gasteiger partial charge in [0, 0.05) is 5.02 Å². The molecule has 0 bridgehead atoms. The molecule has 2 N–H and O–H groups in total. The average molecular weight is 288 g/mol. The summed E-state index contributed by atoms with van der Waals surface area (Å²) in [4.78, 5) is 0. The molecule has 0 aliphatic heterocycles. The van der Waals surface area contributed by atoms with Crippen molar-refractivity contribution in [2.45, 2.75) is 33.2 Å². The van der Waals surface area contributed by atoms with E-state index < -0.39 is 0 Å². The molecular weight excluding hydrogens is 266 g/mol. The van der Waals surface area contributed by atoms with E-state index in [-0.39, 0.29) is 6.04 Å². The second kappa shape index (κ2) is 6.43. The number of benzene rings is 2. The van der Waals surface area contributed by atoms with Gasteiger partial charge in [0.2, 0.25) is 0 Å². The van der Waals surface area contributed by atoms with Crippen LogP contribution in [0.2, 0.25) is 5.02 Å². The van der Waals surface area contributed by atoms with E-state index in [0.29, 0.717) is 5.92 Å². The van der Waals surface area contributed by atoms with Crippen LogP contribution in [-0.2, 0) is 6.42 Å². The summed E-state index contributed by atoms with van der Waals surface area (Å²) in [6.07, 6.45) is 1.08. The molecule has 0 saturated heterocycles. The van der Waals surface area contributed by atoms with Crippen LogP contribution in [0.5, 0.6) is 0 Å². The van der Waals surface area contributed by atoms with Gasteiger partial charge in [0.25, 0.3) is 0 Å². The predicted molar refractivity (Wildman–Crippen MR) is 87.2 cm³/mol. The van der Waals surface area contributed by atoms with Gasteiger partial charge < -0.3 is 5.73 Å². The number of hydrogen-bond donors (Lipinski definition) is 1. The van der Waals surface area contributed by atoms with Gasteiger partial charge in [-0.25, -0.2) is 0 Å². The zero-order valence-corrected chi connectivity index (χ0v) is 13.1. The van der Waals surface area contributed by atoms with E-state index in [1.807, 2.05) is 19.1 Å². The van der Waals surface area contributed by atoms with E-state index >= 15 is 0 Å². The quantitative estimate of drug-likeness (QED) is 0.851. The number of halogens is 1. The molecule has 1 unspecified atom stereocenters. The first kappa shape index (κ1) is 15.1. The fourth-order valence-electron chi connectivity index (χ4n) is 2.44. The number of nitrogens with two attached hydrogens (primary N) is 1. The van der Waals surface area contributed by atoms with Gasteiger partial charge in [-0.3, -0.25) is 0 Å². The fourth-order valence-corrected chi connectivity index (χ4v) is 2.56. The van der Waals surface area contributed by atoms with Crippen molar-refractivity contribution in [2.75, 3.05) is 0 Å². The molecule has 106 valence electrons. The van der Waals surface area contributed by atoms with Crippen molar-refractivity contribution in [2.24, 2.45) is 11.7 Å². The summed E-state index contributed by atoms with van der Waals surface area (Å²) in [6.45, 7) is 6.47. The highest BCUT2D eigenvalue weighted by molar-refractivity contribution is 6.31. The van der Waals surface area contributed by atoms with Gasteiger partial charge in [0.15, 0.2) is 0 Å². The van der Waals surface area contributed by atoms with Crippen LogP contribution in [0.25, 0.3) is 0 Å². The standard InChI is InChI=1S/C18H22ClN/c1-12(2)9-14-5-4-6-15(11-14)18(20)16-7-8-17(19)13(3)10-16/h4-8,10-12,18H,9,20H2,1-3H3. The Hall–Kier alpha value is -1.31. The molecule has 0 spiro atoms. The number of rotatable bonds is 4. The third-order valence-electron chi connectivity index (χ3n) is 3.50. The highest BCUT2D eigenvalue weighted by atomic mass is 35.5. The molecule has 2 heteroatoms. The number of hydrogen-bond acceptors (Lipinski definition) is 1. The largest absolute Gasteiger partial charge is 0.320 e. The Morgan fingerprint density at radius 2 is 1.75 bits per heavy atom. The average Bonchev–Trinajstić information content (AvgIpc) is 2.40. The van der Waals surface area contributed by atoms with Gasteiger partial charge in [-0.05, 0) is 47.6 Å². The molecule has 0 saturated carbocycles. The third kappa shape index (κ3) is 3.62. The Labute approximate surface area is 126 Å². The Balaban J connectivity index is 2.28. The van der Waals surface area contributed by atoms with Crippen LogP contribution in [0.3, 0.4) is 0 Å². The maximum Gasteiger partial charge on any atom is 0.0551 e. The van der Waals surface area contributed by atoms with E-state index in [1.165, 1.54) is 5.56 Å². The van der Waals surface area contributed by atoms with Crippen molar-refractivity contribution in [1.82, 2.24) is 0 Å². The maximum atomic E-state index is 6.39. The van der Waals surface area contributed by atoms with E-state index in [2.05, 4.69) is 44.2 Å². The van der Waals surface area contributed by atoms with Crippen LogP contribution in [0.1, 0.15) is 42.1 Å². The second-order valence-corrected chi connectivity index (χ2v) is 6.24. The molecule has 20 heavy (non-hydrogen) atoms. The van der Waals surface area contributed by atoms with E-state index in [1.54, 1.807) is 0 Å². The van der Waals surface area contributed by atoms with Crippen molar-refractivity contribution in [3.63, 3.8) is 0 Å². The minimum atomic E-state index is -0.0990. The van der Waals surface area contributed by atoms with Crippen LogP contribution in [0.4, 0.5) is 0 Å². The first-order chi connectivity index (χ1) is 9.47. The molecular formula is C18H22ClN. The number of aryl methyl sites for hydroxylation is 1. The zero-order valence-electron chi connectivity index (χ0n) is 12.4. The first-order valence-electron chi connectivity index (χ1n) is 7.08. The third-order valence-corrected chi connectivity index (χ3v) is 3.92. The summed E-state index contributed by atoms with van der Waals surface area (Å²) in [5, 5.41) is 0.787. The summed E-state index contributed by atoms with van der Waals surface area (Å²) in [5.74, 6) is 0.652. The molecule has 2 aromatic rings. The van der Waals surface area contributed by atoms with Crippen molar-refractivity contribution in [3.8, 4) is 0 Å². The van der Waals surface area contributed by atoms with Crippen LogP contribution in [-0.4, -0.2) is 0 Å². The topological polar surface area (TPSA) is 26.0 Å². The Bertz CT molecular complexity index is 590. The smallest absolute Gasteiger partial charge is 0.0551 e. The van der Waals surface area contributed by atoms with Crippen molar-refractivity contribution >= 4 is 11.6 Å². The molecule has 2 aromatic carbocycles. The Morgan fingerprint density at radius 1 is 1.05 bits per heavy atom. The first-order valence-corrected chi connectivity index (χ1v) is 7.45. The van der Waals surface area contributed by atoms with Gasteiger partial charge in [-0.2, -0.15) is 0 Å². The van der Waals surface area contributed by atoms with Gasteiger partial charge in [-0.15, -0.1) is 0 Å². The lowest BCUT2D eigenvalue weighted by atomic mass is 9.94. The summed E-state index contributed by atoms with van der Waals surface area (Å²) in [6, 6.07) is 14.5. The SMILES string of the molecule is Cc1cc(C(N)c2cccc(CC(C)C)c2)ccc1Cl. The normalized spacial score (nSPS) is 12.7. The predicted octanol–water partition coefficient (Wildman–Crippen LogP) is 4.90. The van der Waals surface area contributed by atoms with Crippen molar-refractivity contribution < 1.29 is 0 Å². The lowest BCUT2D eigenvalue weighted by Crippen LogP contribution is -2.12. The summed E-state index contributed by atoms with van der Waals surface area (Å²) in [5.41, 5.74) is 11.1. The van der Waals surface area contributed by atoms with E-state index in [0.717, 1.165) is 28.1 Å². The minimum Gasteiger partial charge on any atom is -0.320 e. The monoisotopic (exact) mass is 287 g/mol. The molecule has 0 amide bonds. The molecule has 0 aliphatic rings. The summed E-state index contributed by atoms with van der Waals surface area (Å²) in [7, 11) is 0. The maximum absolute atomic E-state index is 6.39. The highest BCUT2D eigenvalue weighted by Crippen LogP contribution is 2.25. The Kier molecular flexibility index (Phi) is 4.85. The van der Waals surface area contributed by atoms with Crippen LogP contribution >= 0.6 is 11.6 Å². The van der Waals surface area contributed by atoms with Gasteiger partial charge in [0.1, 0.15) is 0 Å². The molecule has 0 aliphatic carbocycles. The fraction of sp³-hybridized carbons (Fsp3) is 0.333. The molecule has 0 fully saturated rings.